The first-order chi connectivity index (χ1) is 18.1. The zero-order chi connectivity index (χ0) is 26.8. The molecule has 0 aromatic rings. The lowest BCUT2D eigenvalue weighted by Crippen LogP contribution is -2.60. The van der Waals surface area contributed by atoms with Crippen LogP contribution in [0.15, 0.2) is 0 Å². The van der Waals surface area contributed by atoms with Crippen LogP contribution in [0.1, 0.15) is 78.6 Å². The summed E-state index contributed by atoms with van der Waals surface area (Å²) in [5.41, 5.74) is 0.313. The highest BCUT2D eigenvalue weighted by atomic mass is 16.5. The molecule has 2 aliphatic heterocycles. The second-order valence-electron chi connectivity index (χ2n) is 14.7. The van der Waals surface area contributed by atoms with Gasteiger partial charge < -0.3 is 19.8 Å². The summed E-state index contributed by atoms with van der Waals surface area (Å²) in [6.07, 6.45) is 9.30. The third-order valence-electron chi connectivity index (χ3n) is 12.9. The van der Waals surface area contributed by atoms with Crippen LogP contribution in [-0.4, -0.2) is 108 Å². The minimum atomic E-state index is -0.241. The first-order valence-electron chi connectivity index (χ1n) is 15.8. The number of esters is 1. The fourth-order valence-electron chi connectivity index (χ4n) is 10.7. The molecule has 0 spiro atoms. The molecule has 6 rings (SSSR count). The Hall–Kier alpha value is -0.730. The van der Waals surface area contributed by atoms with Crippen LogP contribution in [0.3, 0.4) is 0 Å². The summed E-state index contributed by atoms with van der Waals surface area (Å²) in [5, 5.41) is 21.4. The normalized spacial score (nSPS) is 49.2. The van der Waals surface area contributed by atoms with Crippen LogP contribution in [0, 0.1) is 34.5 Å². The van der Waals surface area contributed by atoms with E-state index in [9.17, 15) is 15.0 Å². The minimum Gasteiger partial charge on any atom is -0.460 e. The molecule has 0 bridgehead atoms. The third kappa shape index (κ3) is 4.56. The van der Waals surface area contributed by atoms with Crippen LogP contribution >= 0.6 is 0 Å². The summed E-state index contributed by atoms with van der Waals surface area (Å²) in [4.78, 5) is 19.9. The first-order valence-corrected chi connectivity index (χ1v) is 15.8. The van der Waals surface area contributed by atoms with Crippen molar-refractivity contribution in [1.29, 1.82) is 0 Å². The van der Waals surface area contributed by atoms with Crippen LogP contribution in [0.2, 0.25) is 0 Å². The van der Waals surface area contributed by atoms with E-state index in [4.69, 9.17) is 4.74 Å². The summed E-state index contributed by atoms with van der Waals surface area (Å²) in [7, 11) is 2.21. The van der Waals surface area contributed by atoms with Gasteiger partial charge in [0.15, 0.2) is 0 Å². The van der Waals surface area contributed by atoms with Crippen molar-refractivity contribution < 1.29 is 19.7 Å². The van der Waals surface area contributed by atoms with Crippen molar-refractivity contribution >= 4 is 5.97 Å². The summed E-state index contributed by atoms with van der Waals surface area (Å²) >= 11 is 0. The van der Waals surface area contributed by atoms with Gasteiger partial charge in [0.2, 0.25) is 0 Å². The first kappa shape index (κ1) is 27.4. The van der Waals surface area contributed by atoms with Gasteiger partial charge in [-0.1, -0.05) is 13.8 Å². The van der Waals surface area contributed by atoms with Gasteiger partial charge >= 0.3 is 5.97 Å². The highest BCUT2D eigenvalue weighted by molar-refractivity contribution is 5.66. The number of rotatable bonds is 3. The lowest BCUT2D eigenvalue weighted by Gasteiger charge is -2.62. The lowest BCUT2D eigenvalue weighted by atomic mass is 9.44. The number of carbonyl (C=O) groups excluding carboxylic acids is 1. The molecule has 2 saturated heterocycles. The SMILES string of the molecule is CC(=O)O[C@H]1[C@@H](N2CCN(C)CC2)C[C@H]2[C@@H]3CC[C@H]4C[C@H](O)[C@@H](N5CCC(O)CC5)C[C@]4(C)[C@H]3CC[C@@]21C. The van der Waals surface area contributed by atoms with E-state index in [1.165, 1.54) is 19.3 Å². The molecule has 0 amide bonds. The summed E-state index contributed by atoms with van der Waals surface area (Å²) in [6.45, 7) is 12.8. The van der Waals surface area contributed by atoms with Crippen LogP contribution in [0.5, 0.6) is 0 Å². The number of likely N-dealkylation sites (tertiary alicyclic amines) is 1. The number of piperazine rings is 1. The summed E-state index contributed by atoms with van der Waals surface area (Å²) in [6, 6.07) is 0.568. The highest BCUT2D eigenvalue weighted by Crippen LogP contribution is 2.67. The molecular weight excluding hydrogens is 478 g/mol. The molecule has 0 aromatic carbocycles. The number of nitrogens with zero attached hydrogens (tertiary/aromatic N) is 3. The number of carbonyl (C=O) groups is 1. The molecule has 0 unspecified atom stereocenters. The lowest BCUT2D eigenvalue weighted by molar-refractivity contribution is -0.172. The molecule has 7 nitrogen and oxygen atoms in total. The molecule has 7 heteroatoms. The zero-order valence-electron chi connectivity index (χ0n) is 24.4. The second-order valence-corrected chi connectivity index (χ2v) is 14.7. The van der Waals surface area contributed by atoms with E-state index in [0.29, 0.717) is 29.7 Å². The Morgan fingerprint density at radius 2 is 1.50 bits per heavy atom. The summed E-state index contributed by atoms with van der Waals surface area (Å²) < 4.78 is 6.25. The van der Waals surface area contributed by atoms with E-state index in [1.54, 1.807) is 6.92 Å². The van der Waals surface area contributed by atoms with E-state index < -0.39 is 0 Å². The number of fused-ring (bicyclic) bond motifs is 5. The van der Waals surface area contributed by atoms with E-state index in [0.717, 1.165) is 77.8 Å². The number of piperidine rings is 1. The maximum absolute atomic E-state index is 12.4. The van der Waals surface area contributed by atoms with Gasteiger partial charge in [-0.25, -0.2) is 0 Å². The Bertz CT molecular complexity index is 871. The number of hydrogen-bond acceptors (Lipinski definition) is 7. The summed E-state index contributed by atoms with van der Waals surface area (Å²) in [5.74, 6) is 2.46. The molecule has 38 heavy (non-hydrogen) atoms. The molecule has 4 aliphatic carbocycles. The number of aliphatic hydroxyl groups is 2. The smallest absolute Gasteiger partial charge is 0.302 e. The van der Waals surface area contributed by atoms with Gasteiger partial charge in [0.25, 0.3) is 0 Å². The monoisotopic (exact) mass is 531 g/mol. The van der Waals surface area contributed by atoms with E-state index in [2.05, 4.69) is 35.6 Å². The number of ether oxygens (including phenoxy) is 1. The topological polar surface area (TPSA) is 76.5 Å². The van der Waals surface area contributed by atoms with E-state index in [-0.39, 0.29) is 41.2 Å². The Balaban J connectivity index is 1.25. The van der Waals surface area contributed by atoms with Crippen molar-refractivity contribution in [3.8, 4) is 0 Å². The highest BCUT2D eigenvalue weighted by Gasteiger charge is 2.65. The molecule has 2 heterocycles. The van der Waals surface area contributed by atoms with Crippen molar-refractivity contribution in [1.82, 2.24) is 14.7 Å². The molecule has 4 saturated carbocycles. The van der Waals surface area contributed by atoms with Crippen molar-refractivity contribution in [2.75, 3.05) is 46.3 Å². The molecule has 0 aromatic heterocycles. The van der Waals surface area contributed by atoms with Gasteiger partial charge in [0.1, 0.15) is 6.10 Å². The maximum atomic E-state index is 12.4. The fourth-order valence-corrected chi connectivity index (χ4v) is 10.7. The van der Waals surface area contributed by atoms with Crippen molar-refractivity contribution in [2.45, 2.75) is 109 Å². The maximum Gasteiger partial charge on any atom is 0.302 e. The zero-order valence-corrected chi connectivity index (χ0v) is 24.4. The van der Waals surface area contributed by atoms with Crippen LogP contribution in [0.4, 0.5) is 0 Å². The minimum absolute atomic E-state index is 0.000546. The van der Waals surface area contributed by atoms with Crippen LogP contribution < -0.4 is 0 Å². The Kier molecular flexibility index (Phi) is 7.42. The molecule has 0 radical (unpaired) electrons. The number of hydrogen-bond donors (Lipinski definition) is 2. The van der Waals surface area contributed by atoms with Gasteiger partial charge in [-0.3, -0.25) is 14.6 Å². The van der Waals surface area contributed by atoms with Crippen molar-refractivity contribution in [3.05, 3.63) is 0 Å². The molecule has 10 atom stereocenters. The van der Waals surface area contributed by atoms with E-state index >= 15 is 0 Å². The van der Waals surface area contributed by atoms with Gasteiger partial charge in [-0.15, -0.1) is 0 Å². The molecule has 2 N–H and O–H groups in total. The van der Waals surface area contributed by atoms with Gasteiger partial charge in [-0.2, -0.15) is 0 Å². The second kappa shape index (κ2) is 10.3. The van der Waals surface area contributed by atoms with Gasteiger partial charge in [-0.05, 0) is 93.9 Å². The van der Waals surface area contributed by atoms with Crippen LogP contribution in [0.25, 0.3) is 0 Å². The average Bonchev–Trinajstić information content (AvgIpc) is 3.17. The molecular formula is C31H53N3O4. The standard InChI is InChI=1S/C31H53N3O4/c1-20(35)38-29-26(34-15-13-32(4)14-16-34)18-25-23-6-5-21-17-28(37)27(33-11-8-22(36)9-12-33)19-31(21,3)24(23)7-10-30(25,29)2/h21-29,36-37H,5-19H2,1-4H3/t21-,23+,24-,25-,26-,27-,28-,29-,30-,31-/m0/s1. The van der Waals surface area contributed by atoms with Crippen molar-refractivity contribution in [2.24, 2.45) is 34.5 Å². The molecule has 6 fully saturated rings. The van der Waals surface area contributed by atoms with Crippen LogP contribution in [-0.2, 0) is 9.53 Å². The Morgan fingerprint density at radius 3 is 2.18 bits per heavy atom. The number of aliphatic hydroxyl groups excluding tert-OH is 2. The van der Waals surface area contributed by atoms with E-state index in [1.807, 2.05) is 0 Å². The largest absolute Gasteiger partial charge is 0.460 e. The Morgan fingerprint density at radius 1 is 0.816 bits per heavy atom. The fraction of sp³-hybridized carbons (Fsp3) is 0.968. The predicted molar refractivity (Wildman–Crippen MR) is 148 cm³/mol. The van der Waals surface area contributed by atoms with Crippen molar-refractivity contribution in [3.63, 3.8) is 0 Å². The van der Waals surface area contributed by atoms with Gasteiger partial charge in [0.05, 0.1) is 12.2 Å². The average molecular weight is 532 g/mol. The van der Waals surface area contributed by atoms with Gasteiger partial charge in [0, 0.05) is 63.7 Å². The third-order valence-corrected chi connectivity index (χ3v) is 12.9. The molecule has 216 valence electrons. The number of likely N-dealkylation sites (N-methyl/N-ethyl adjacent to an activating group) is 1. The quantitative estimate of drug-likeness (QED) is 0.543. The Labute approximate surface area is 230 Å². The molecule has 6 aliphatic rings. The predicted octanol–water partition coefficient (Wildman–Crippen LogP) is 2.98.